The van der Waals surface area contributed by atoms with Crippen LogP contribution in [0.15, 0.2) is 47.1 Å². The van der Waals surface area contributed by atoms with Crippen molar-refractivity contribution >= 4 is 38.8 Å². The number of fused-ring (bicyclic) bond motifs is 1. The molecule has 138 valence electrons. The average molecular weight is 390 g/mol. The Kier molecular flexibility index (Phi) is 4.22. The molecule has 28 heavy (non-hydrogen) atoms. The Bertz CT molecular complexity index is 1240. The van der Waals surface area contributed by atoms with E-state index < -0.39 is 0 Å². The van der Waals surface area contributed by atoms with E-state index in [-0.39, 0.29) is 22.9 Å². The summed E-state index contributed by atoms with van der Waals surface area (Å²) >= 11 is 1.13. The molecule has 0 bridgehead atoms. The van der Waals surface area contributed by atoms with E-state index >= 15 is 0 Å². The minimum atomic E-state index is -0.245. The molecular formula is C20H14N4O3S. The van der Waals surface area contributed by atoms with Crippen molar-refractivity contribution in [2.24, 2.45) is 0 Å². The summed E-state index contributed by atoms with van der Waals surface area (Å²) in [5.74, 6) is 0.898. The molecule has 4 N–H and O–H groups in total. The van der Waals surface area contributed by atoms with Crippen molar-refractivity contribution in [1.82, 2.24) is 4.98 Å². The topological polar surface area (TPSA) is 128 Å². The van der Waals surface area contributed by atoms with Crippen LogP contribution in [0.4, 0.5) is 11.5 Å². The lowest BCUT2D eigenvalue weighted by Gasteiger charge is -2.06. The molecule has 0 aliphatic rings. The maximum Gasteiger partial charge on any atom is 0.205 e. The normalized spacial score (nSPS) is 10.7. The van der Waals surface area contributed by atoms with Crippen molar-refractivity contribution in [3.8, 4) is 23.1 Å². The summed E-state index contributed by atoms with van der Waals surface area (Å²) in [5.41, 5.74) is 13.6. The number of rotatable bonds is 4. The van der Waals surface area contributed by atoms with Gasteiger partial charge in [-0.2, -0.15) is 5.26 Å². The fourth-order valence-corrected chi connectivity index (χ4v) is 4.07. The number of carbonyl (C=O) groups excluding carboxylic acids is 1. The monoisotopic (exact) mass is 390 g/mol. The Balaban J connectivity index is 1.95. The fourth-order valence-electron chi connectivity index (χ4n) is 2.99. The lowest BCUT2D eigenvalue weighted by Crippen LogP contribution is -2.02. The standard InChI is InChI=1S/C20H14N4O3S/c1-26-11-6-4-10(5-7-11)17(25)18-16(22)15-14(13-3-2-8-27-13)12(9-21)19(23)24-20(15)28-18/h2-8H,22H2,1H3,(H2,23,24). The van der Waals surface area contributed by atoms with Crippen LogP contribution < -0.4 is 16.2 Å². The van der Waals surface area contributed by atoms with Crippen molar-refractivity contribution in [1.29, 1.82) is 5.26 Å². The van der Waals surface area contributed by atoms with Crippen LogP contribution in [0.2, 0.25) is 0 Å². The average Bonchev–Trinajstić information content (AvgIpc) is 3.35. The maximum absolute atomic E-state index is 13.0. The zero-order valence-electron chi connectivity index (χ0n) is 14.7. The van der Waals surface area contributed by atoms with E-state index in [1.165, 1.54) is 6.26 Å². The van der Waals surface area contributed by atoms with Gasteiger partial charge < -0.3 is 20.6 Å². The van der Waals surface area contributed by atoms with E-state index in [1.807, 2.05) is 0 Å². The number of anilines is 2. The number of methoxy groups -OCH3 is 1. The molecule has 0 atom stereocenters. The molecule has 4 aromatic rings. The molecule has 8 heteroatoms. The van der Waals surface area contributed by atoms with Gasteiger partial charge in [-0.3, -0.25) is 4.79 Å². The van der Waals surface area contributed by atoms with Crippen LogP contribution in [-0.4, -0.2) is 17.9 Å². The van der Waals surface area contributed by atoms with E-state index in [2.05, 4.69) is 11.1 Å². The van der Waals surface area contributed by atoms with E-state index in [1.54, 1.807) is 43.5 Å². The molecule has 4 rings (SSSR count). The van der Waals surface area contributed by atoms with Crippen LogP contribution in [0.1, 0.15) is 20.8 Å². The number of nitriles is 1. The van der Waals surface area contributed by atoms with Gasteiger partial charge in [-0.25, -0.2) is 4.98 Å². The van der Waals surface area contributed by atoms with E-state index in [0.717, 1.165) is 11.3 Å². The maximum atomic E-state index is 13.0. The highest BCUT2D eigenvalue weighted by molar-refractivity contribution is 7.21. The molecule has 7 nitrogen and oxygen atoms in total. The van der Waals surface area contributed by atoms with Crippen LogP contribution in [-0.2, 0) is 0 Å². The van der Waals surface area contributed by atoms with Gasteiger partial charge in [-0.1, -0.05) is 0 Å². The number of nitrogen functional groups attached to an aromatic ring is 2. The highest BCUT2D eigenvalue weighted by atomic mass is 32.1. The summed E-state index contributed by atoms with van der Waals surface area (Å²) in [6, 6.07) is 12.2. The molecule has 0 fully saturated rings. The minimum Gasteiger partial charge on any atom is -0.497 e. The van der Waals surface area contributed by atoms with Gasteiger partial charge in [0.1, 0.15) is 38.7 Å². The van der Waals surface area contributed by atoms with Crippen molar-refractivity contribution in [2.75, 3.05) is 18.6 Å². The molecular weight excluding hydrogens is 376 g/mol. The van der Waals surface area contributed by atoms with Gasteiger partial charge in [-0.15, -0.1) is 11.3 Å². The Morgan fingerprint density at radius 2 is 2.00 bits per heavy atom. The summed E-state index contributed by atoms with van der Waals surface area (Å²) in [7, 11) is 1.56. The first-order valence-corrected chi connectivity index (χ1v) is 9.01. The predicted octanol–water partition coefficient (Wildman–Crippen LogP) is 3.83. The number of hydrogen-bond donors (Lipinski definition) is 2. The van der Waals surface area contributed by atoms with Crippen LogP contribution >= 0.6 is 11.3 Å². The SMILES string of the molecule is COc1ccc(C(=O)c2sc3nc(N)c(C#N)c(-c4ccco4)c3c2N)cc1. The molecule has 0 amide bonds. The minimum absolute atomic E-state index is 0.0612. The molecule has 0 aliphatic carbocycles. The number of nitrogens with zero attached hydrogens (tertiary/aromatic N) is 2. The van der Waals surface area contributed by atoms with Crippen molar-refractivity contribution in [2.45, 2.75) is 0 Å². The second kappa shape index (κ2) is 6.72. The Labute approximate surface area is 163 Å². The van der Waals surface area contributed by atoms with Gasteiger partial charge >= 0.3 is 0 Å². The van der Waals surface area contributed by atoms with Crippen molar-refractivity contribution in [3.63, 3.8) is 0 Å². The second-order valence-corrected chi connectivity index (χ2v) is 6.92. The number of ketones is 1. The fraction of sp³-hybridized carbons (Fsp3) is 0.0500. The Morgan fingerprint density at radius 1 is 1.25 bits per heavy atom. The first kappa shape index (κ1) is 17.6. The molecule has 0 saturated carbocycles. The zero-order chi connectivity index (χ0) is 19.8. The number of thiophene rings is 1. The zero-order valence-corrected chi connectivity index (χ0v) is 15.5. The van der Waals surface area contributed by atoms with Crippen LogP contribution in [0, 0.1) is 11.3 Å². The number of pyridine rings is 1. The van der Waals surface area contributed by atoms with Crippen molar-refractivity contribution in [3.05, 3.63) is 58.7 Å². The number of carbonyl (C=O) groups is 1. The smallest absolute Gasteiger partial charge is 0.205 e. The number of hydrogen-bond acceptors (Lipinski definition) is 8. The number of furan rings is 1. The van der Waals surface area contributed by atoms with Crippen molar-refractivity contribution < 1.29 is 13.9 Å². The highest BCUT2D eigenvalue weighted by Crippen LogP contribution is 2.43. The van der Waals surface area contributed by atoms with Crippen LogP contribution in [0.3, 0.4) is 0 Å². The molecule has 0 radical (unpaired) electrons. The lowest BCUT2D eigenvalue weighted by atomic mass is 10.0. The Hall–Kier alpha value is -3.83. The largest absolute Gasteiger partial charge is 0.497 e. The van der Waals surface area contributed by atoms with Crippen LogP contribution in [0.5, 0.6) is 5.75 Å². The van der Waals surface area contributed by atoms with Gasteiger partial charge in [0, 0.05) is 10.9 Å². The molecule has 3 aromatic heterocycles. The number of ether oxygens (including phenoxy) is 1. The third-order valence-electron chi connectivity index (χ3n) is 4.34. The third kappa shape index (κ3) is 2.66. The Morgan fingerprint density at radius 3 is 2.61 bits per heavy atom. The molecule has 0 spiro atoms. The van der Waals surface area contributed by atoms with Gasteiger partial charge in [0.2, 0.25) is 5.78 Å². The van der Waals surface area contributed by atoms with E-state index in [0.29, 0.717) is 37.7 Å². The van der Waals surface area contributed by atoms with Gasteiger partial charge in [0.05, 0.1) is 24.6 Å². The summed E-state index contributed by atoms with van der Waals surface area (Å²) in [4.78, 5) is 18.1. The predicted molar refractivity (Wildman–Crippen MR) is 107 cm³/mol. The number of nitrogens with two attached hydrogens (primary N) is 2. The number of aromatic nitrogens is 1. The molecule has 1 aromatic carbocycles. The first-order valence-electron chi connectivity index (χ1n) is 8.19. The number of benzene rings is 1. The van der Waals surface area contributed by atoms with Gasteiger partial charge in [-0.05, 0) is 36.4 Å². The molecule has 0 saturated heterocycles. The van der Waals surface area contributed by atoms with E-state index in [9.17, 15) is 10.1 Å². The van der Waals surface area contributed by atoms with E-state index in [4.69, 9.17) is 20.6 Å². The quantitative estimate of drug-likeness (QED) is 0.507. The van der Waals surface area contributed by atoms with Crippen LogP contribution in [0.25, 0.3) is 21.5 Å². The second-order valence-electron chi connectivity index (χ2n) is 5.92. The third-order valence-corrected chi connectivity index (χ3v) is 5.44. The van der Waals surface area contributed by atoms with Gasteiger partial charge in [0.25, 0.3) is 0 Å². The molecule has 0 unspecified atom stereocenters. The van der Waals surface area contributed by atoms with Gasteiger partial charge in [0.15, 0.2) is 0 Å². The summed E-state index contributed by atoms with van der Waals surface area (Å²) in [6.45, 7) is 0. The lowest BCUT2D eigenvalue weighted by molar-refractivity contribution is 0.104. The summed E-state index contributed by atoms with van der Waals surface area (Å²) in [5, 5.41) is 10.1. The first-order chi connectivity index (χ1) is 13.5. The highest BCUT2D eigenvalue weighted by Gasteiger charge is 2.25. The molecule has 3 heterocycles. The molecule has 0 aliphatic heterocycles. The summed E-state index contributed by atoms with van der Waals surface area (Å²) < 4.78 is 10.6. The summed E-state index contributed by atoms with van der Waals surface area (Å²) in [6.07, 6.45) is 1.49.